The fourth-order valence-corrected chi connectivity index (χ4v) is 2.03. The van der Waals surface area contributed by atoms with E-state index >= 15 is 0 Å². The largest absolute Gasteiger partial charge is 0.330 e. The van der Waals surface area contributed by atoms with Crippen LogP contribution < -0.4 is 11.1 Å². The van der Waals surface area contributed by atoms with Gasteiger partial charge in [-0.2, -0.15) is 0 Å². The average Bonchev–Trinajstić information content (AvgIpc) is 2.44. The van der Waals surface area contributed by atoms with Crippen LogP contribution in [0, 0.1) is 12.7 Å². The van der Waals surface area contributed by atoms with Gasteiger partial charge in [0.2, 0.25) is 0 Å². The van der Waals surface area contributed by atoms with E-state index in [1.807, 2.05) is 19.1 Å². The molecule has 2 aromatic rings. The number of nitrogens with two attached hydrogens (primary N) is 1. The Morgan fingerprint density at radius 2 is 2.00 bits per heavy atom. The molecular formula is C16H17FN2O. The Morgan fingerprint density at radius 3 is 2.75 bits per heavy atom. The summed E-state index contributed by atoms with van der Waals surface area (Å²) in [5.41, 5.74) is 8.31. The molecule has 2 rings (SSSR count). The van der Waals surface area contributed by atoms with Gasteiger partial charge < -0.3 is 11.1 Å². The van der Waals surface area contributed by atoms with Crippen LogP contribution in [0.25, 0.3) is 0 Å². The first-order valence-corrected chi connectivity index (χ1v) is 6.47. The van der Waals surface area contributed by atoms with Crippen molar-refractivity contribution in [2.45, 2.75) is 13.3 Å². The summed E-state index contributed by atoms with van der Waals surface area (Å²) in [6.45, 7) is 2.30. The maximum absolute atomic E-state index is 13.2. The molecule has 0 heterocycles. The molecule has 4 heteroatoms. The topological polar surface area (TPSA) is 55.1 Å². The monoisotopic (exact) mass is 272 g/mol. The van der Waals surface area contributed by atoms with Crippen molar-refractivity contribution in [1.29, 1.82) is 0 Å². The molecule has 0 saturated heterocycles. The van der Waals surface area contributed by atoms with Crippen LogP contribution in [0.4, 0.5) is 10.1 Å². The van der Waals surface area contributed by atoms with Gasteiger partial charge in [0, 0.05) is 11.3 Å². The Bertz CT molecular complexity index is 626. The zero-order valence-corrected chi connectivity index (χ0v) is 11.3. The molecule has 20 heavy (non-hydrogen) atoms. The predicted octanol–water partition coefficient (Wildman–Crippen LogP) is 2.89. The Morgan fingerprint density at radius 1 is 1.25 bits per heavy atom. The minimum atomic E-state index is -0.374. The Hall–Kier alpha value is -2.20. The highest BCUT2D eigenvalue weighted by molar-refractivity contribution is 6.05. The SMILES string of the molecule is Cc1ccc(F)cc1NC(=O)c1ccccc1CCN. The predicted molar refractivity (Wildman–Crippen MR) is 78.3 cm³/mol. The summed E-state index contributed by atoms with van der Waals surface area (Å²) >= 11 is 0. The third kappa shape index (κ3) is 3.22. The minimum Gasteiger partial charge on any atom is -0.330 e. The van der Waals surface area contributed by atoms with Crippen LogP contribution in [0.5, 0.6) is 0 Å². The summed E-state index contributed by atoms with van der Waals surface area (Å²) in [5, 5.41) is 2.75. The highest BCUT2D eigenvalue weighted by Crippen LogP contribution is 2.18. The fourth-order valence-electron chi connectivity index (χ4n) is 2.03. The first kappa shape index (κ1) is 14.2. The standard InChI is InChI=1S/C16H17FN2O/c1-11-6-7-13(17)10-15(11)19-16(20)14-5-3-2-4-12(14)8-9-18/h2-7,10H,8-9,18H2,1H3,(H,19,20). The quantitative estimate of drug-likeness (QED) is 0.899. The van der Waals surface area contributed by atoms with Crippen LogP contribution in [0.15, 0.2) is 42.5 Å². The van der Waals surface area contributed by atoms with E-state index in [4.69, 9.17) is 5.73 Å². The van der Waals surface area contributed by atoms with E-state index in [1.54, 1.807) is 18.2 Å². The number of amides is 1. The molecule has 0 bridgehead atoms. The Kier molecular flexibility index (Phi) is 4.48. The van der Waals surface area contributed by atoms with Crippen LogP contribution >= 0.6 is 0 Å². The summed E-state index contributed by atoms with van der Waals surface area (Å²) in [6, 6.07) is 11.6. The second kappa shape index (κ2) is 6.30. The van der Waals surface area contributed by atoms with Gasteiger partial charge in [-0.15, -0.1) is 0 Å². The maximum atomic E-state index is 13.2. The van der Waals surface area contributed by atoms with E-state index in [9.17, 15) is 9.18 Å². The zero-order chi connectivity index (χ0) is 14.5. The summed E-state index contributed by atoms with van der Waals surface area (Å²) in [5.74, 6) is -0.621. The highest BCUT2D eigenvalue weighted by Gasteiger charge is 2.12. The van der Waals surface area contributed by atoms with Gasteiger partial charge in [0.15, 0.2) is 0 Å². The smallest absolute Gasteiger partial charge is 0.255 e. The average molecular weight is 272 g/mol. The number of aryl methyl sites for hydroxylation is 1. The maximum Gasteiger partial charge on any atom is 0.255 e. The number of benzene rings is 2. The molecule has 0 aliphatic rings. The van der Waals surface area contributed by atoms with Gasteiger partial charge in [-0.05, 0) is 49.2 Å². The van der Waals surface area contributed by atoms with Gasteiger partial charge in [0.25, 0.3) is 5.91 Å². The number of nitrogens with one attached hydrogen (secondary N) is 1. The second-order valence-electron chi connectivity index (χ2n) is 4.61. The van der Waals surface area contributed by atoms with Crippen LogP contribution in [0.3, 0.4) is 0 Å². The molecule has 0 aliphatic carbocycles. The molecule has 0 radical (unpaired) electrons. The molecule has 3 N–H and O–H groups in total. The number of hydrogen-bond donors (Lipinski definition) is 2. The number of anilines is 1. The highest BCUT2D eigenvalue weighted by atomic mass is 19.1. The zero-order valence-electron chi connectivity index (χ0n) is 11.3. The van der Waals surface area contributed by atoms with Crippen LogP contribution in [-0.2, 0) is 6.42 Å². The number of carbonyl (C=O) groups excluding carboxylic acids is 1. The lowest BCUT2D eigenvalue weighted by molar-refractivity contribution is 0.102. The molecule has 0 spiro atoms. The number of hydrogen-bond acceptors (Lipinski definition) is 2. The van der Waals surface area contributed by atoms with Crippen molar-refractivity contribution in [3.8, 4) is 0 Å². The van der Waals surface area contributed by atoms with E-state index in [2.05, 4.69) is 5.32 Å². The minimum absolute atomic E-state index is 0.247. The van der Waals surface area contributed by atoms with Crippen molar-refractivity contribution >= 4 is 11.6 Å². The molecule has 0 atom stereocenters. The van der Waals surface area contributed by atoms with Crippen LogP contribution in [0.1, 0.15) is 21.5 Å². The van der Waals surface area contributed by atoms with E-state index in [0.29, 0.717) is 24.2 Å². The van der Waals surface area contributed by atoms with Crippen molar-refractivity contribution < 1.29 is 9.18 Å². The van der Waals surface area contributed by atoms with E-state index in [0.717, 1.165) is 11.1 Å². The summed E-state index contributed by atoms with van der Waals surface area (Å²) in [6.07, 6.45) is 0.631. The molecule has 0 fully saturated rings. The second-order valence-corrected chi connectivity index (χ2v) is 4.61. The molecule has 1 amide bonds. The third-order valence-electron chi connectivity index (χ3n) is 3.12. The first-order chi connectivity index (χ1) is 9.61. The lowest BCUT2D eigenvalue weighted by Crippen LogP contribution is -2.16. The molecule has 0 aliphatic heterocycles. The number of carbonyl (C=O) groups is 1. The van der Waals surface area contributed by atoms with Crippen LogP contribution in [-0.4, -0.2) is 12.5 Å². The van der Waals surface area contributed by atoms with Crippen molar-refractivity contribution in [3.63, 3.8) is 0 Å². The van der Waals surface area contributed by atoms with E-state index in [1.165, 1.54) is 12.1 Å². The van der Waals surface area contributed by atoms with Gasteiger partial charge in [-0.1, -0.05) is 24.3 Å². The lowest BCUT2D eigenvalue weighted by Gasteiger charge is -2.11. The number of halogens is 1. The Balaban J connectivity index is 2.26. The summed E-state index contributed by atoms with van der Waals surface area (Å²) < 4.78 is 13.2. The Labute approximate surface area is 117 Å². The lowest BCUT2D eigenvalue weighted by atomic mass is 10.0. The molecule has 0 aromatic heterocycles. The molecule has 104 valence electrons. The molecule has 0 saturated carbocycles. The van der Waals surface area contributed by atoms with E-state index < -0.39 is 0 Å². The van der Waals surface area contributed by atoms with E-state index in [-0.39, 0.29) is 11.7 Å². The molecule has 3 nitrogen and oxygen atoms in total. The fraction of sp³-hybridized carbons (Fsp3) is 0.188. The van der Waals surface area contributed by atoms with Gasteiger partial charge >= 0.3 is 0 Å². The third-order valence-corrected chi connectivity index (χ3v) is 3.12. The van der Waals surface area contributed by atoms with Gasteiger partial charge in [-0.3, -0.25) is 4.79 Å². The molecule has 2 aromatic carbocycles. The molecular weight excluding hydrogens is 255 g/mol. The van der Waals surface area contributed by atoms with Crippen molar-refractivity contribution in [1.82, 2.24) is 0 Å². The van der Waals surface area contributed by atoms with Crippen molar-refractivity contribution in [2.24, 2.45) is 5.73 Å². The summed E-state index contributed by atoms with van der Waals surface area (Å²) in [7, 11) is 0. The van der Waals surface area contributed by atoms with Crippen molar-refractivity contribution in [2.75, 3.05) is 11.9 Å². The first-order valence-electron chi connectivity index (χ1n) is 6.47. The van der Waals surface area contributed by atoms with Gasteiger partial charge in [0.05, 0.1) is 0 Å². The molecule has 0 unspecified atom stereocenters. The number of rotatable bonds is 4. The normalized spacial score (nSPS) is 10.3. The van der Waals surface area contributed by atoms with Crippen molar-refractivity contribution in [3.05, 3.63) is 65.0 Å². The van der Waals surface area contributed by atoms with Gasteiger partial charge in [0.1, 0.15) is 5.82 Å². The summed E-state index contributed by atoms with van der Waals surface area (Å²) in [4.78, 5) is 12.3. The van der Waals surface area contributed by atoms with Gasteiger partial charge in [-0.25, -0.2) is 4.39 Å². The van der Waals surface area contributed by atoms with Crippen LogP contribution in [0.2, 0.25) is 0 Å².